The van der Waals surface area contributed by atoms with E-state index in [0.717, 1.165) is 6.54 Å². The van der Waals surface area contributed by atoms with Crippen molar-refractivity contribution in [1.82, 2.24) is 4.90 Å². The molecule has 0 radical (unpaired) electrons. The van der Waals surface area contributed by atoms with Crippen LogP contribution in [0.2, 0.25) is 0 Å². The minimum absolute atomic E-state index is 0.145. The average Bonchev–Trinajstić information content (AvgIpc) is 2.18. The first-order valence-electron chi connectivity index (χ1n) is 5.17. The van der Waals surface area contributed by atoms with Gasteiger partial charge in [-0.3, -0.25) is 5.41 Å². The van der Waals surface area contributed by atoms with E-state index in [4.69, 9.17) is 11.1 Å². The van der Waals surface area contributed by atoms with Crippen molar-refractivity contribution >= 4 is 15.7 Å². The van der Waals surface area contributed by atoms with Gasteiger partial charge in [-0.25, -0.2) is 8.42 Å². The lowest BCUT2D eigenvalue weighted by Crippen LogP contribution is -2.32. The molecule has 5 nitrogen and oxygen atoms in total. The van der Waals surface area contributed by atoms with E-state index in [2.05, 4.69) is 0 Å². The minimum atomic E-state index is -2.89. The zero-order valence-corrected chi connectivity index (χ0v) is 10.3. The van der Waals surface area contributed by atoms with Crippen molar-refractivity contribution in [2.24, 2.45) is 5.73 Å². The van der Waals surface area contributed by atoms with Crippen LogP contribution in [-0.4, -0.2) is 50.3 Å². The van der Waals surface area contributed by atoms with Crippen molar-refractivity contribution in [3.8, 4) is 0 Å². The highest BCUT2D eigenvalue weighted by Crippen LogP contribution is 1.95. The summed E-state index contributed by atoms with van der Waals surface area (Å²) in [5.74, 6) is 0.527. The average molecular weight is 235 g/mol. The number of hydrogen-bond acceptors (Lipinski definition) is 4. The van der Waals surface area contributed by atoms with Gasteiger partial charge in [0.2, 0.25) is 0 Å². The lowest BCUT2D eigenvalue weighted by atomic mass is 10.3. The van der Waals surface area contributed by atoms with Gasteiger partial charge in [-0.15, -0.1) is 0 Å². The Hall–Kier alpha value is -0.620. The lowest BCUT2D eigenvalue weighted by Gasteiger charge is -2.19. The summed E-state index contributed by atoms with van der Waals surface area (Å²) in [6.45, 7) is 5.59. The third kappa shape index (κ3) is 7.33. The molecule has 0 spiro atoms. The first-order valence-corrected chi connectivity index (χ1v) is 6.99. The van der Waals surface area contributed by atoms with Crippen molar-refractivity contribution in [2.75, 3.05) is 31.1 Å². The largest absolute Gasteiger partial charge is 0.388 e. The number of nitrogens with zero attached hydrogens (tertiary/aromatic N) is 1. The molecule has 0 heterocycles. The molecule has 0 amide bonds. The molecule has 0 aliphatic rings. The summed E-state index contributed by atoms with van der Waals surface area (Å²) in [5.41, 5.74) is 5.24. The molecule has 0 rings (SSSR count). The van der Waals surface area contributed by atoms with E-state index in [1.807, 2.05) is 11.8 Å². The zero-order valence-electron chi connectivity index (χ0n) is 9.49. The van der Waals surface area contributed by atoms with Crippen LogP contribution in [0.5, 0.6) is 0 Å². The van der Waals surface area contributed by atoms with Crippen molar-refractivity contribution in [1.29, 1.82) is 5.41 Å². The van der Waals surface area contributed by atoms with Gasteiger partial charge < -0.3 is 10.6 Å². The molecule has 0 saturated heterocycles. The smallest absolute Gasteiger partial charge is 0.151 e. The van der Waals surface area contributed by atoms with Gasteiger partial charge in [0.1, 0.15) is 0 Å². The standard InChI is InChI=1S/C9H21N3O2S/c1-3-12(6-5-9(10)11)7-8-15(13,14)4-2/h3-8H2,1-2H3,(H3,10,11). The Morgan fingerprint density at radius 1 is 1.33 bits per heavy atom. The first kappa shape index (κ1) is 14.4. The molecule has 0 aliphatic carbocycles. The maximum absolute atomic E-state index is 11.3. The number of rotatable bonds is 8. The molecule has 0 aromatic heterocycles. The lowest BCUT2D eigenvalue weighted by molar-refractivity contribution is 0.313. The molecule has 90 valence electrons. The van der Waals surface area contributed by atoms with E-state index in [1.54, 1.807) is 6.92 Å². The van der Waals surface area contributed by atoms with Crippen LogP contribution in [0, 0.1) is 5.41 Å². The number of hydrogen-bond donors (Lipinski definition) is 2. The Labute approximate surface area is 92.1 Å². The normalized spacial score (nSPS) is 11.9. The van der Waals surface area contributed by atoms with E-state index in [1.165, 1.54) is 0 Å². The molecule has 6 heteroatoms. The third-order valence-electron chi connectivity index (χ3n) is 2.30. The molecule has 0 fully saturated rings. The van der Waals surface area contributed by atoms with Crippen LogP contribution in [0.25, 0.3) is 0 Å². The molecule has 0 unspecified atom stereocenters. The molecule has 15 heavy (non-hydrogen) atoms. The second-order valence-corrected chi connectivity index (χ2v) is 5.92. The van der Waals surface area contributed by atoms with Crippen LogP contribution < -0.4 is 5.73 Å². The van der Waals surface area contributed by atoms with Crippen molar-refractivity contribution in [3.05, 3.63) is 0 Å². The number of amidine groups is 1. The van der Waals surface area contributed by atoms with Crippen LogP contribution in [-0.2, 0) is 9.84 Å². The van der Waals surface area contributed by atoms with E-state index < -0.39 is 9.84 Å². The van der Waals surface area contributed by atoms with Crippen LogP contribution >= 0.6 is 0 Å². The van der Waals surface area contributed by atoms with Crippen LogP contribution in [0.3, 0.4) is 0 Å². The topological polar surface area (TPSA) is 87.2 Å². The maximum Gasteiger partial charge on any atom is 0.151 e. The van der Waals surface area contributed by atoms with E-state index >= 15 is 0 Å². The zero-order chi connectivity index (χ0) is 11.9. The Morgan fingerprint density at radius 2 is 1.93 bits per heavy atom. The quantitative estimate of drug-likeness (QED) is 0.460. The van der Waals surface area contributed by atoms with Gasteiger partial charge in [0.25, 0.3) is 0 Å². The summed E-state index contributed by atoms with van der Waals surface area (Å²) in [7, 11) is -2.89. The summed E-state index contributed by atoms with van der Waals surface area (Å²) in [5, 5.41) is 7.09. The second kappa shape index (κ2) is 6.79. The Kier molecular flexibility index (Phi) is 6.51. The number of nitrogens with two attached hydrogens (primary N) is 1. The summed E-state index contributed by atoms with van der Waals surface area (Å²) < 4.78 is 22.5. The van der Waals surface area contributed by atoms with E-state index in [0.29, 0.717) is 19.5 Å². The molecule has 0 saturated carbocycles. The monoisotopic (exact) mass is 235 g/mol. The predicted octanol–water partition coefficient (Wildman–Crippen LogP) is 0.0691. The minimum Gasteiger partial charge on any atom is -0.388 e. The Morgan fingerprint density at radius 3 is 2.33 bits per heavy atom. The first-order chi connectivity index (χ1) is 6.91. The summed E-state index contributed by atoms with van der Waals surface area (Å²) in [4.78, 5) is 1.99. The van der Waals surface area contributed by atoms with Crippen LogP contribution in [0.1, 0.15) is 20.3 Å². The molecule has 0 atom stereocenters. The molecule has 3 N–H and O–H groups in total. The van der Waals surface area contributed by atoms with Gasteiger partial charge in [0.05, 0.1) is 11.6 Å². The SMILES string of the molecule is CCN(CCC(=N)N)CCS(=O)(=O)CC. The van der Waals surface area contributed by atoms with Crippen molar-refractivity contribution < 1.29 is 8.42 Å². The van der Waals surface area contributed by atoms with E-state index in [-0.39, 0.29) is 17.3 Å². The molecule has 0 aromatic rings. The van der Waals surface area contributed by atoms with Crippen molar-refractivity contribution in [2.45, 2.75) is 20.3 Å². The summed E-state index contributed by atoms with van der Waals surface area (Å²) >= 11 is 0. The van der Waals surface area contributed by atoms with Crippen LogP contribution in [0.15, 0.2) is 0 Å². The van der Waals surface area contributed by atoms with Gasteiger partial charge in [-0.2, -0.15) is 0 Å². The molecule has 0 bridgehead atoms. The maximum atomic E-state index is 11.3. The predicted molar refractivity (Wildman–Crippen MR) is 63.0 cm³/mol. The molecular formula is C9H21N3O2S. The summed E-state index contributed by atoms with van der Waals surface area (Å²) in [6.07, 6.45) is 0.500. The van der Waals surface area contributed by atoms with Crippen LogP contribution in [0.4, 0.5) is 0 Å². The Balaban J connectivity index is 3.95. The number of nitrogens with one attached hydrogen (secondary N) is 1. The highest BCUT2D eigenvalue weighted by molar-refractivity contribution is 7.91. The van der Waals surface area contributed by atoms with Crippen molar-refractivity contribution in [3.63, 3.8) is 0 Å². The van der Waals surface area contributed by atoms with Gasteiger partial charge in [-0.1, -0.05) is 13.8 Å². The second-order valence-electron chi connectivity index (χ2n) is 3.45. The fourth-order valence-corrected chi connectivity index (χ4v) is 1.94. The third-order valence-corrected chi connectivity index (χ3v) is 3.99. The van der Waals surface area contributed by atoms with Gasteiger partial charge in [-0.05, 0) is 6.54 Å². The Bertz CT molecular complexity index is 288. The molecule has 0 aromatic carbocycles. The highest BCUT2D eigenvalue weighted by atomic mass is 32.2. The fraction of sp³-hybridized carbons (Fsp3) is 0.889. The highest BCUT2D eigenvalue weighted by Gasteiger charge is 2.10. The fourth-order valence-electron chi connectivity index (χ4n) is 1.12. The number of sulfone groups is 1. The van der Waals surface area contributed by atoms with E-state index in [9.17, 15) is 8.42 Å². The molecular weight excluding hydrogens is 214 g/mol. The van der Waals surface area contributed by atoms with Gasteiger partial charge >= 0.3 is 0 Å². The van der Waals surface area contributed by atoms with Gasteiger partial charge in [0.15, 0.2) is 9.84 Å². The summed E-state index contributed by atoms with van der Waals surface area (Å²) in [6, 6.07) is 0. The van der Waals surface area contributed by atoms with Gasteiger partial charge in [0, 0.05) is 25.3 Å². The molecule has 0 aliphatic heterocycles.